The van der Waals surface area contributed by atoms with Gasteiger partial charge in [0, 0.05) is 5.92 Å². The molecule has 0 saturated heterocycles. The molecule has 1 aromatic carbocycles. The number of hydrogen-bond acceptors (Lipinski definition) is 0. The molecular weight excluding hydrogens is 360 g/mol. The molecule has 0 aliphatic heterocycles. The number of benzene rings is 1. The molecule has 68 valence electrons. The van der Waals surface area contributed by atoms with Crippen LogP contribution in [0.2, 0.25) is 0 Å². The highest BCUT2D eigenvalue weighted by Crippen LogP contribution is 2.50. The fourth-order valence-electron chi connectivity index (χ4n) is 1.53. The zero-order valence-corrected chi connectivity index (χ0v) is 11.4. The molecule has 0 N–H and O–H groups in total. The topological polar surface area (TPSA) is 0 Å². The molecule has 13 heavy (non-hydrogen) atoms. The van der Waals surface area contributed by atoms with E-state index >= 15 is 0 Å². The molecule has 0 bridgehead atoms. The van der Waals surface area contributed by atoms with Crippen LogP contribution >= 0.6 is 47.8 Å². The molecule has 1 aromatic rings. The van der Waals surface area contributed by atoms with E-state index in [2.05, 4.69) is 84.2 Å². The summed E-state index contributed by atoms with van der Waals surface area (Å²) in [6, 6.07) is 8.41. The molecule has 1 unspecified atom stereocenters. The van der Waals surface area contributed by atoms with Gasteiger partial charge in [0.1, 0.15) is 2.14 Å². The van der Waals surface area contributed by atoms with Crippen molar-refractivity contribution in [2.75, 3.05) is 0 Å². The van der Waals surface area contributed by atoms with Crippen LogP contribution in [0.3, 0.4) is 0 Å². The van der Waals surface area contributed by atoms with Gasteiger partial charge in [-0.1, -0.05) is 84.2 Å². The Hall–Kier alpha value is 0.400. The first-order chi connectivity index (χ1) is 6.09. The van der Waals surface area contributed by atoms with Crippen molar-refractivity contribution in [1.29, 1.82) is 0 Å². The highest BCUT2D eigenvalue weighted by Gasteiger charge is 2.33. The summed E-state index contributed by atoms with van der Waals surface area (Å²) in [6.07, 6.45) is 4.33. The molecule has 0 spiro atoms. The van der Waals surface area contributed by atoms with Crippen molar-refractivity contribution >= 4 is 53.9 Å². The molecule has 0 nitrogen and oxygen atoms in total. The number of fused-ring (bicyclic) bond motifs is 1. The molecule has 0 heterocycles. The van der Waals surface area contributed by atoms with Gasteiger partial charge >= 0.3 is 0 Å². The van der Waals surface area contributed by atoms with Gasteiger partial charge in [0.15, 0.2) is 0 Å². The molecule has 0 fully saturated rings. The number of allylic oxidation sites excluding steroid dienone is 1. The van der Waals surface area contributed by atoms with Crippen molar-refractivity contribution in [2.45, 2.75) is 8.06 Å². The van der Waals surface area contributed by atoms with Crippen molar-refractivity contribution in [1.82, 2.24) is 0 Å². The minimum atomic E-state index is -0.226. The SMILES string of the molecule is BrC(Br)(Br)C1C=Cc2ccccc21. The normalized spacial score (nSPS) is 20.4. The lowest BCUT2D eigenvalue weighted by atomic mass is 10.0. The fraction of sp³-hybridized carbons (Fsp3) is 0.200. The first kappa shape index (κ1) is 9.94. The van der Waals surface area contributed by atoms with Crippen LogP contribution in [0.1, 0.15) is 17.0 Å². The first-order valence-corrected chi connectivity index (χ1v) is 6.31. The molecule has 1 aliphatic rings. The molecule has 3 heteroatoms. The summed E-state index contributed by atoms with van der Waals surface area (Å²) in [7, 11) is 0. The van der Waals surface area contributed by atoms with Crippen LogP contribution in [-0.2, 0) is 0 Å². The van der Waals surface area contributed by atoms with Gasteiger partial charge in [-0.25, -0.2) is 0 Å². The van der Waals surface area contributed by atoms with Gasteiger partial charge in [-0.3, -0.25) is 0 Å². The maximum atomic E-state index is 3.56. The highest BCUT2D eigenvalue weighted by atomic mass is 80.0. The van der Waals surface area contributed by atoms with Crippen LogP contribution in [0.4, 0.5) is 0 Å². The van der Waals surface area contributed by atoms with Crippen LogP contribution < -0.4 is 0 Å². The summed E-state index contributed by atoms with van der Waals surface area (Å²) in [5.74, 6) is 0.337. The summed E-state index contributed by atoms with van der Waals surface area (Å²) in [5.41, 5.74) is 2.64. The van der Waals surface area contributed by atoms with Crippen molar-refractivity contribution in [2.24, 2.45) is 0 Å². The predicted molar refractivity (Wildman–Crippen MR) is 67.7 cm³/mol. The molecule has 0 aromatic heterocycles. The fourth-order valence-corrected chi connectivity index (χ4v) is 2.73. The van der Waals surface area contributed by atoms with Gasteiger partial charge in [0.05, 0.1) is 0 Å². The zero-order chi connectivity index (χ0) is 9.47. The average Bonchev–Trinajstić information content (AvgIpc) is 2.45. The lowest BCUT2D eigenvalue weighted by molar-refractivity contribution is 0.955. The maximum Gasteiger partial charge on any atom is 0.145 e. The van der Waals surface area contributed by atoms with E-state index < -0.39 is 0 Å². The van der Waals surface area contributed by atoms with E-state index in [0.717, 1.165) is 0 Å². The summed E-state index contributed by atoms with van der Waals surface area (Å²) in [4.78, 5) is 0. The molecule has 2 rings (SSSR count). The van der Waals surface area contributed by atoms with Crippen LogP contribution in [0.5, 0.6) is 0 Å². The number of rotatable bonds is 0. The lowest BCUT2D eigenvalue weighted by Crippen LogP contribution is -2.11. The molecule has 0 amide bonds. The van der Waals surface area contributed by atoms with Crippen LogP contribution in [0, 0.1) is 0 Å². The molecule has 0 radical (unpaired) electrons. The minimum absolute atomic E-state index is 0.226. The van der Waals surface area contributed by atoms with Crippen molar-refractivity contribution < 1.29 is 0 Å². The van der Waals surface area contributed by atoms with Crippen molar-refractivity contribution in [3.63, 3.8) is 0 Å². The van der Waals surface area contributed by atoms with Gasteiger partial charge in [-0.15, -0.1) is 0 Å². The van der Waals surface area contributed by atoms with E-state index in [0.29, 0.717) is 5.92 Å². The first-order valence-electron chi connectivity index (χ1n) is 3.93. The van der Waals surface area contributed by atoms with E-state index in [4.69, 9.17) is 0 Å². The Morgan fingerprint density at radius 2 is 1.77 bits per heavy atom. The van der Waals surface area contributed by atoms with Crippen molar-refractivity contribution in [3.8, 4) is 0 Å². The second-order valence-corrected chi connectivity index (χ2v) is 9.95. The van der Waals surface area contributed by atoms with Crippen LogP contribution in [0.15, 0.2) is 30.3 Å². The van der Waals surface area contributed by atoms with Gasteiger partial charge < -0.3 is 0 Å². The van der Waals surface area contributed by atoms with Gasteiger partial charge in [-0.05, 0) is 11.1 Å². The Labute approximate surface area is 103 Å². The quantitative estimate of drug-likeness (QED) is 0.587. The monoisotopic (exact) mass is 364 g/mol. The molecular formula is C10H7Br3. The van der Waals surface area contributed by atoms with Gasteiger partial charge in [0.25, 0.3) is 0 Å². The Balaban J connectivity index is 2.45. The summed E-state index contributed by atoms with van der Waals surface area (Å²) < 4.78 is -0.226. The predicted octanol–water partition coefficient (Wildman–Crippen LogP) is 4.64. The summed E-state index contributed by atoms with van der Waals surface area (Å²) in [6.45, 7) is 0. The van der Waals surface area contributed by atoms with E-state index in [9.17, 15) is 0 Å². The molecule has 1 atom stereocenters. The lowest BCUT2D eigenvalue weighted by Gasteiger charge is -2.20. The number of halogens is 3. The van der Waals surface area contributed by atoms with Crippen LogP contribution in [-0.4, -0.2) is 2.14 Å². The third kappa shape index (κ3) is 1.92. The van der Waals surface area contributed by atoms with Crippen LogP contribution in [0.25, 0.3) is 6.08 Å². The smallest absolute Gasteiger partial charge is 0.0733 e. The highest BCUT2D eigenvalue weighted by molar-refractivity contribution is 9.39. The Morgan fingerprint density at radius 3 is 2.46 bits per heavy atom. The molecule has 0 saturated carbocycles. The Morgan fingerprint density at radius 1 is 1.08 bits per heavy atom. The van der Waals surface area contributed by atoms with E-state index in [1.165, 1.54) is 11.1 Å². The van der Waals surface area contributed by atoms with E-state index in [-0.39, 0.29) is 2.14 Å². The maximum absolute atomic E-state index is 3.56. The van der Waals surface area contributed by atoms with E-state index in [1.807, 2.05) is 0 Å². The zero-order valence-electron chi connectivity index (χ0n) is 6.68. The second-order valence-electron chi connectivity index (χ2n) is 3.01. The number of alkyl halides is 3. The van der Waals surface area contributed by atoms with E-state index in [1.54, 1.807) is 0 Å². The standard InChI is InChI=1S/C10H7Br3/c11-10(12,13)9-6-5-7-3-1-2-4-8(7)9/h1-6,9H. The summed E-state index contributed by atoms with van der Waals surface area (Å²) in [5, 5.41) is 0. The average molecular weight is 367 g/mol. The Bertz CT molecular complexity index is 349. The Kier molecular flexibility index (Phi) is 2.69. The largest absolute Gasteiger partial charge is 0.145 e. The second kappa shape index (κ2) is 3.52. The van der Waals surface area contributed by atoms with Crippen molar-refractivity contribution in [3.05, 3.63) is 41.5 Å². The minimum Gasteiger partial charge on any atom is -0.0733 e. The van der Waals surface area contributed by atoms with Gasteiger partial charge in [0.2, 0.25) is 0 Å². The number of hydrogen-bond donors (Lipinski definition) is 0. The summed E-state index contributed by atoms with van der Waals surface area (Å²) >= 11 is 10.7. The third-order valence-electron chi connectivity index (χ3n) is 2.15. The van der Waals surface area contributed by atoms with Gasteiger partial charge in [-0.2, -0.15) is 0 Å². The third-order valence-corrected chi connectivity index (χ3v) is 3.63. The molecule has 1 aliphatic carbocycles.